The van der Waals surface area contributed by atoms with E-state index >= 15 is 0 Å². The molecule has 0 radical (unpaired) electrons. The van der Waals surface area contributed by atoms with Crippen LogP contribution in [0.4, 0.5) is 15.8 Å². The number of ether oxygens (including phenoxy) is 1. The van der Waals surface area contributed by atoms with Crippen molar-refractivity contribution in [2.24, 2.45) is 0 Å². The Morgan fingerprint density at radius 2 is 1.51 bits per heavy atom. The van der Waals surface area contributed by atoms with E-state index < -0.39 is 0 Å². The van der Waals surface area contributed by atoms with Crippen LogP contribution in [0.25, 0.3) is 11.1 Å². The molecule has 198 valence electrons. The summed E-state index contributed by atoms with van der Waals surface area (Å²) in [4.78, 5) is 17.1. The highest BCUT2D eigenvalue weighted by Gasteiger charge is 2.11. The largest absolute Gasteiger partial charge is 0.476 e. The number of rotatable bonds is 14. The Morgan fingerprint density at radius 1 is 0.892 bits per heavy atom. The van der Waals surface area contributed by atoms with Crippen LogP contribution in [0.1, 0.15) is 23.2 Å². The lowest BCUT2D eigenvalue weighted by Crippen LogP contribution is -2.29. The van der Waals surface area contributed by atoms with Crippen LogP contribution in [0.2, 0.25) is 0 Å². The van der Waals surface area contributed by atoms with Crippen molar-refractivity contribution in [3.05, 3.63) is 78.1 Å². The molecule has 0 aromatic heterocycles. The van der Waals surface area contributed by atoms with Crippen molar-refractivity contribution in [3.8, 4) is 16.9 Å². The highest BCUT2D eigenvalue weighted by molar-refractivity contribution is 6.04. The van der Waals surface area contributed by atoms with Crippen LogP contribution in [-0.2, 0) is 0 Å². The first-order valence-electron chi connectivity index (χ1n) is 12.5. The van der Waals surface area contributed by atoms with Gasteiger partial charge in [-0.1, -0.05) is 24.3 Å². The van der Waals surface area contributed by atoms with Gasteiger partial charge in [0.2, 0.25) is 0 Å². The van der Waals surface area contributed by atoms with Gasteiger partial charge in [0.1, 0.15) is 18.3 Å². The van der Waals surface area contributed by atoms with Gasteiger partial charge in [0, 0.05) is 38.0 Å². The van der Waals surface area contributed by atoms with Gasteiger partial charge in [-0.25, -0.2) is 4.39 Å². The minimum absolute atomic E-state index is 0.218. The molecule has 3 N–H and O–H groups in total. The minimum atomic E-state index is -0.279. The SMILES string of the molecule is CNc1cc(NC(=O)c2ccc(-c3ccc(F)cc3)cc2)ccc1OCN(C)CCCN(C)CCCO. The van der Waals surface area contributed by atoms with Crippen LogP contribution in [0.5, 0.6) is 5.75 Å². The third-order valence-corrected chi connectivity index (χ3v) is 6.05. The quantitative estimate of drug-likeness (QED) is 0.273. The van der Waals surface area contributed by atoms with Gasteiger partial charge in [-0.3, -0.25) is 9.69 Å². The number of nitrogens with one attached hydrogen (secondary N) is 2. The summed E-state index contributed by atoms with van der Waals surface area (Å²) in [7, 11) is 5.89. The number of carbonyl (C=O) groups is 1. The Kier molecular flexibility index (Phi) is 10.9. The first-order valence-corrected chi connectivity index (χ1v) is 12.5. The van der Waals surface area contributed by atoms with Gasteiger partial charge in [-0.15, -0.1) is 0 Å². The fourth-order valence-corrected chi connectivity index (χ4v) is 3.90. The zero-order valence-electron chi connectivity index (χ0n) is 21.8. The monoisotopic (exact) mass is 508 g/mol. The average molecular weight is 509 g/mol. The molecular weight excluding hydrogens is 471 g/mol. The molecule has 1 amide bonds. The number of hydrogen-bond donors (Lipinski definition) is 3. The zero-order chi connectivity index (χ0) is 26.6. The van der Waals surface area contributed by atoms with Crippen molar-refractivity contribution in [2.45, 2.75) is 12.8 Å². The summed E-state index contributed by atoms with van der Waals surface area (Å²) in [5.41, 5.74) is 3.76. The predicted molar refractivity (Wildman–Crippen MR) is 148 cm³/mol. The van der Waals surface area contributed by atoms with Crippen molar-refractivity contribution in [1.82, 2.24) is 9.80 Å². The summed E-state index contributed by atoms with van der Waals surface area (Å²) in [6.07, 6.45) is 1.80. The highest BCUT2D eigenvalue weighted by Crippen LogP contribution is 2.28. The van der Waals surface area contributed by atoms with Gasteiger partial charge in [0.15, 0.2) is 0 Å². The molecule has 0 saturated heterocycles. The molecule has 8 heteroatoms. The Hall–Kier alpha value is -3.46. The maximum absolute atomic E-state index is 13.2. The number of nitrogens with zero attached hydrogens (tertiary/aromatic N) is 2. The van der Waals surface area contributed by atoms with Crippen molar-refractivity contribution < 1.29 is 19.0 Å². The molecule has 0 aliphatic rings. The summed E-state index contributed by atoms with van der Waals surface area (Å²) in [6, 6.07) is 19.0. The topological polar surface area (TPSA) is 77.1 Å². The minimum Gasteiger partial charge on any atom is -0.476 e. The number of anilines is 2. The zero-order valence-corrected chi connectivity index (χ0v) is 21.8. The second kappa shape index (κ2) is 14.3. The van der Waals surface area contributed by atoms with Crippen LogP contribution in [0, 0.1) is 5.82 Å². The number of carbonyl (C=O) groups excluding carboxylic acids is 1. The Morgan fingerprint density at radius 3 is 2.16 bits per heavy atom. The molecule has 0 saturated carbocycles. The maximum Gasteiger partial charge on any atom is 0.255 e. The van der Waals surface area contributed by atoms with E-state index in [1.54, 1.807) is 24.3 Å². The first-order chi connectivity index (χ1) is 17.9. The number of hydrogen-bond acceptors (Lipinski definition) is 6. The third kappa shape index (κ3) is 8.86. The second-order valence-corrected chi connectivity index (χ2v) is 9.09. The first kappa shape index (κ1) is 28.1. The molecule has 3 aromatic rings. The van der Waals surface area contributed by atoms with Gasteiger partial charge >= 0.3 is 0 Å². The predicted octanol–water partition coefficient (Wildman–Crippen LogP) is 4.76. The van der Waals surface area contributed by atoms with Crippen LogP contribution < -0.4 is 15.4 Å². The molecule has 0 heterocycles. The van der Waals surface area contributed by atoms with E-state index in [1.165, 1.54) is 12.1 Å². The fraction of sp³-hybridized carbons (Fsp3) is 0.345. The number of aliphatic hydroxyl groups is 1. The highest BCUT2D eigenvalue weighted by atomic mass is 19.1. The van der Waals surface area contributed by atoms with E-state index in [2.05, 4.69) is 27.5 Å². The smallest absolute Gasteiger partial charge is 0.255 e. The average Bonchev–Trinajstić information content (AvgIpc) is 2.91. The van der Waals surface area contributed by atoms with Crippen LogP contribution in [0.3, 0.4) is 0 Å². The van der Waals surface area contributed by atoms with E-state index in [1.807, 2.05) is 44.4 Å². The van der Waals surface area contributed by atoms with Gasteiger partial charge in [0.25, 0.3) is 5.91 Å². The molecular formula is C29H37FN4O3. The van der Waals surface area contributed by atoms with Crippen molar-refractivity contribution in [1.29, 1.82) is 0 Å². The molecule has 3 aromatic carbocycles. The van der Waals surface area contributed by atoms with Gasteiger partial charge in [-0.05, 0) is 87.1 Å². The Bertz CT molecular complexity index is 1120. The van der Waals surface area contributed by atoms with E-state index in [0.717, 1.165) is 49.3 Å². The maximum atomic E-state index is 13.2. The van der Waals surface area contributed by atoms with Crippen LogP contribution in [-0.4, -0.2) is 74.9 Å². The number of halogens is 1. The third-order valence-electron chi connectivity index (χ3n) is 6.05. The summed E-state index contributed by atoms with van der Waals surface area (Å²) >= 11 is 0. The molecule has 0 aliphatic heterocycles. The molecule has 0 bridgehead atoms. The molecule has 0 unspecified atom stereocenters. The second-order valence-electron chi connectivity index (χ2n) is 9.09. The fourth-order valence-electron chi connectivity index (χ4n) is 3.90. The number of benzene rings is 3. The van der Waals surface area contributed by atoms with Gasteiger partial charge in [-0.2, -0.15) is 0 Å². The molecule has 3 rings (SSSR count). The summed E-state index contributed by atoms with van der Waals surface area (Å²) in [5.74, 6) is 0.208. The lowest BCUT2D eigenvalue weighted by Gasteiger charge is -2.21. The van der Waals surface area contributed by atoms with E-state index in [-0.39, 0.29) is 18.3 Å². The molecule has 7 nitrogen and oxygen atoms in total. The van der Waals surface area contributed by atoms with Gasteiger partial charge < -0.3 is 25.4 Å². The summed E-state index contributed by atoms with van der Waals surface area (Å²) in [5, 5.41) is 15.0. The standard InChI is InChI=1S/C29H37FN4O3/c1-31-27-20-26(14-15-28(27)37-21-34(3)17-4-16-33(2)18-5-19-35)32-29(36)24-8-6-22(7-9-24)23-10-12-25(30)13-11-23/h6-15,20,31,35H,4-5,16-19,21H2,1-3H3,(H,32,36). The number of aliphatic hydroxyl groups excluding tert-OH is 1. The molecule has 0 atom stereocenters. The van der Waals surface area contributed by atoms with E-state index in [9.17, 15) is 9.18 Å². The van der Waals surface area contributed by atoms with Crippen LogP contribution >= 0.6 is 0 Å². The van der Waals surface area contributed by atoms with Gasteiger partial charge in [0.05, 0.1) is 5.69 Å². The summed E-state index contributed by atoms with van der Waals surface area (Å²) in [6.45, 7) is 3.43. The van der Waals surface area contributed by atoms with Crippen molar-refractivity contribution in [2.75, 3.05) is 64.7 Å². The Balaban J connectivity index is 1.51. The molecule has 37 heavy (non-hydrogen) atoms. The molecule has 0 spiro atoms. The number of amides is 1. The summed E-state index contributed by atoms with van der Waals surface area (Å²) < 4.78 is 19.2. The molecule has 0 aliphatic carbocycles. The van der Waals surface area contributed by atoms with Crippen molar-refractivity contribution in [3.63, 3.8) is 0 Å². The lowest BCUT2D eigenvalue weighted by molar-refractivity contribution is 0.102. The molecule has 0 fully saturated rings. The van der Waals surface area contributed by atoms with Crippen LogP contribution in [0.15, 0.2) is 66.7 Å². The Labute approximate surface area is 218 Å². The van der Waals surface area contributed by atoms with E-state index in [0.29, 0.717) is 23.7 Å². The van der Waals surface area contributed by atoms with E-state index in [4.69, 9.17) is 9.84 Å². The van der Waals surface area contributed by atoms with Crippen molar-refractivity contribution >= 4 is 17.3 Å². The normalized spacial score (nSPS) is 11.1. The lowest BCUT2D eigenvalue weighted by atomic mass is 10.0.